The van der Waals surface area contributed by atoms with Crippen molar-refractivity contribution in [3.05, 3.63) is 45.7 Å². The van der Waals surface area contributed by atoms with Crippen LogP contribution in [0.3, 0.4) is 0 Å². The third-order valence-electron chi connectivity index (χ3n) is 5.50. The van der Waals surface area contributed by atoms with Gasteiger partial charge in [0.25, 0.3) is 10.0 Å². The van der Waals surface area contributed by atoms with Crippen LogP contribution in [0.15, 0.2) is 21.6 Å². The number of nitrogens with one attached hydrogen (secondary N) is 2. The lowest BCUT2D eigenvalue weighted by Crippen LogP contribution is -2.34. The van der Waals surface area contributed by atoms with Gasteiger partial charge in [0.05, 0.1) is 7.11 Å². The van der Waals surface area contributed by atoms with Crippen LogP contribution in [0.25, 0.3) is 0 Å². The second kappa shape index (κ2) is 7.22. The van der Waals surface area contributed by atoms with Crippen LogP contribution in [0, 0.1) is 6.92 Å². The van der Waals surface area contributed by atoms with Crippen molar-refractivity contribution in [1.82, 2.24) is 4.72 Å². The van der Waals surface area contributed by atoms with Crippen molar-refractivity contribution in [1.29, 1.82) is 0 Å². The molecule has 9 heteroatoms. The molecule has 0 fully saturated rings. The first-order chi connectivity index (χ1) is 13.8. The SMILES string of the molecule is COC(=O)c1cc(S(=O)(=O)NC(=O)Nc2c3c(cc4c2CCC4)CCC3)oc1C. The highest BCUT2D eigenvalue weighted by molar-refractivity contribution is 7.89. The summed E-state index contributed by atoms with van der Waals surface area (Å²) in [7, 11) is -3.10. The fraction of sp³-hybridized carbons (Fsp3) is 0.400. The molecule has 29 heavy (non-hydrogen) atoms. The van der Waals surface area contributed by atoms with Crippen molar-refractivity contribution >= 4 is 27.7 Å². The Balaban J connectivity index is 1.58. The molecule has 0 saturated heterocycles. The number of rotatable bonds is 4. The maximum absolute atomic E-state index is 12.6. The quantitative estimate of drug-likeness (QED) is 0.738. The van der Waals surface area contributed by atoms with Crippen LogP contribution in [-0.4, -0.2) is 27.5 Å². The summed E-state index contributed by atoms with van der Waals surface area (Å²) in [5.41, 5.74) is 5.39. The first kappa shape index (κ1) is 19.5. The summed E-state index contributed by atoms with van der Waals surface area (Å²) in [4.78, 5) is 24.2. The van der Waals surface area contributed by atoms with Gasteiger partial charge in [-0.05, 0) is 67.7 Å². The Morgan fingerprint density at radius 1 is 1.03 bits per heavy atom. The third-order valence-corrected chi connectivity index (χ3v) is 6.69. The summed E-state index contributed by atoms with van der Waals surface area (Å²) >= 11 is 0. The Labute approximate surface area is 168 Å². The van der Waals surface area contributed by atoms with Crippen LogP contribution in [0.4, 0.5) is 10.5 Å². The van der Waals surface area contributed by atoms with Crippen molar-refractivity contribution in [2.24, 2.45) is 0 Å². The molecule has 2 amide bonds. The number of methoxy groups -OCH3 is 1. The van der Waals surface area contributed by atoms with Crippen molar-refractivity contribution in [2.45, 2.75) is 50.5 Å². The fourth-order valence-electron chi connectivity index (χ4n) is 4.18. The number of carbonyl (C=O) groups excluding carboxylic acids is 2. The number of aryl methyl sites for hydroxylation is 3. The van der Waals surface area contributed by atoms with E-state index in [-0.39, 0.29) is 11.3 Å². The Bertz CT molecular complexity index is 1080. The van der Waals surface area contributed by atoms with Gasteiger partial charge in [-0.2, -0.15) is 8.42 Å². The number of hydrogen-bond acceptors (Lipinski definition) is 6. The van der Waals surface area contributed by atoms with Crippen LogP contribution in [0.1, 0.15) is 51.2 Å². The van der Waals surface area contributed by atoms with Gasteiger partial charge >= 0.3 is 12.0 Å². The van der Waals surface area contributed by atoms with Gasteiger partial charge in [0.2, 0.25) is 5.09 Å². The first-order valence-corrected chi connectivity index (χ1v) is 11.0. The number of furan rings is 1. The van der Waals surface area contributed by atoms with Gasteiger partial charge in [-0.3, -0.25) is 0 Å². The van der Waals surface area contributed by atoms with Gasteiger partial charge < -0.3 is 14.5 Å². The zero-order valence-corrected chi connectivity index (χ0v) is 17.1. The summed E-state index contributed by atoms with van der Waals surface area (Å²) < 4.78 is 36.9. The van der Waals surface area contributed by atoms with Gasteiger partial charge in [-0.15, -0.1) is 0 Å². The Morgan fingerprint density at radius 2 is 1.66 bits per heavy atom. The molecule has 0 unspecified atom stereocenters. The van der Waals surface area contributed by atoms with Crippen LogP contribution >= 0.6 is 0 Å². The number of urea groups is 1. The number of fused-ring (bicyclic) bond motifs is 2. The highest BCUT2D eigenvalue weighted by atomic mass is 32.2. The highest BCUT2D eigenvalue weighted by Crippen LogP contribution is 2.38. The number of sulfonamides is 1. The highest BCUT2D eigenvalue weighted by Gasteiger charge is 2.28. The van der Waals surface area contributed by atoms with E-state index in [2.05, 4.69) is 16.1 Å². The molecule has 8 nitrogen and oxygen atoms in total. The van der Waals surface area contributed by atoms with Crippen molar-refractivity contribution in [3.63, 3.8) is 0 Å². The van der Waals surface area contributed by atoms with Crippen LogP contribution in [-0.2, 0) is 40.4 Å². The summed E-state index contributed by atoms with van der Waals surface area (Å²) in [5, 5.41) is 2.24. The lowest BCUT2D eigenvalue weighted by molar-refractivity contribution is 0.0598. The van der Waals surface area contributed by atoms with E-state index in [9.17, 15) is 18.0 Å². The van der Waals surface area contributed by atoms with Crippen molar-refractivity contribution in [3.8, 4) is 0 Å². The summed E-state index contributed by atoms with van der Waals surface area (Å²) in [6.07, 6.45) is 5.72. The number of ether oxygens (including phenoxy) is 1. The van der Waals surface area contributed by atoms with Gasteiger partial charge in [0.15, 0.2) is 0 Å². The van der Waals surface area contributed by atoms with E-state index in [0.717, 1.165) is 61.4 Å². The molecule has 1 aromatic heterocycles. The maximum Gasteiger partial charge on any atom is 0.341 e. The van der Waals surface area contributed by atoms with E-state index in [1.807, 2.05) is 4.72 Å². The molecule has 0 bridgehead atoms. The van der Waals surface area contributed by atoms with Crippen LogP contribution in [0.5, 0.6) is 0 Å². The first-order valence-electron chi connectivity index (χ1n) is 9.49. The Kier molecular flexibility index (Phi) is 4.85. The van der Waals surface area contributed by atoms with Gasteiger partial charge in [-0.1, -0.05) is 6.07 Å². The second-order valence-electron chi connectivity index (χ2n) is 7.32. The molecule has 2 N–H and O–H groups in total. The Hall–Kier alpha value is -2.81. The largest absolute Gasteiger partial charge is 0.465 e. The van der Waals surface area contributed by atoms with Crippen molar-refractivity contribution < 1.29 is 27.2 Å². The minimum atomic E-state index is -4.29. The fourth-order valence-corrected chi connectivity index (χ4v) is 5.08. The van der Waals surface area contributed by atoms with E-state index >= 15 is 0 Å². The average Bonchev–Trinajstić information content (AvgIpc) is 3.39. The topological polar surface area (TPSA) is 115 Å². The van der Waals surface area contributed by atoms with E-state index in [0.29, 0.717) is 0 Å². The zero-order chi connectivity index (χ0) is 20.8. The summed E-state index contributed by atoms with van der Waals surface area (Å²) in [6.45, 7) is 1.45. The van der Waals surface area contributed by atoms with Gasteiger partial charge in [0, 0.05) is 11.8 Å². The number of anilines is 1. The van der Waals surface area contributed by atoms with Crippen molar-refractivity contribution in [2.75, 3.05) is 12.4 Å². The number of amides is 2. The summed E-state index contributed by atoms with van der Waals surface area (Å²) in [6, 6.07) is 2.42. The van der Waals surface area contributed by atoms with E-state index in [4.69, 9.17) is 4.42 Å². The second-order valence-corrected chi connectivity index (χ2v) is 8.93. The summed E-state index contributed by atoms with van der Waals surface area (Å²) in [5.74, 6) is -0.621. The zero-order valence-electron chi connectivity index (χ0n) is 16.3. The van der Waals surface area contributed by atoms with E-state index in [1.54, 1.807) is 0 Å². The lowest BCUT2D eigenvalue weighted by atomic mass is 9.99. The standard InChI is InChI=1S/C20H22N2O6S/c1-11-16(19(23)27-2)10-17(28-11)29(25,26)22-20(24)21-18-14-7-3-5-12(14)9-13-6-4-8-15(13)18/h9-10H,3-8H2,1-2H3,(H2,21,22,24). The normalized spacial score (nSPS) is 15.0. The minimum Gasteiger partial charge on any atom is -0.465 e. The molecule has 0 spiro atoms. The molecule has 0 saturated carbocycles. The molecule has 2 aliphatic carbocycles. The van der Waals surface area contributed by atoms with E-state index in [1.165, 1.54) is 25.2 Å². The molecule has 154 valence electrons. The predicted molar refractivity (Wildman–Crippen MR) is 105 cm³/mol. The average molecular weight is 418 g/mol. The third kappa shape index (κ3) is 3.50. The van der Waals surface area contributed by atoms with E-state index < -0.39 is 27.1 Å². The smallest absolute Gasteiger partial charge is 0.341 e. The van der Waals surface area contributed by atoms with Gasteiger partial charge in [0.1, 0.15) is 11.3 Å². The Morgan fingerprint density at radius 3 is 2.24 bits per heavy atom. The lowest BCUT2D eigenvalue weighted by Gasteiger charge is -2.16. The molecule has 4 rings (SSSR count). The number of benzene rings is 1. The van der Waals surface area contributed by atoms with Gasteiger partial charge in [-0.25, -0.2) is 14.3 Å². The number of esters is 1. The number of carbonyl (C=O) groups is 2. The molecule has 2 aliphatic rings. The molecule has 0 aliphatic heterocycles. The molecule has 1 heterocycles. The monoisotopic (exact) mass is 418 g/mol. The van der Waals surface area contributed by atoms with Crippen LogP contribution < -0.4 is 10.0 Å². The number of hydrogen-bond donors (Lipinski definition) is 2. The van der Waals surface area contributed by atoms with Crippen LogP contribution in [0.2, 0.25) is 0 Å². The molecular formula is C20H22N2O6S. The molecule has 1 aromatic carbocycles. The molecule has 0 radical (unpaired) electrons. The maximum atomic E-state index is 12.6. The predicted octanol–water partition coefficient (Wildman–Crippen LogP) is 2.86. The molecular weight excluding hydrogens is 396 g/mol. The minimum absolute atomic E-state index is 0.00742. The molecule has 0 atom stereocenters. The molecule has 2 aromatic rings.